The Kier molecular flexibility index (Phi) is 2.86. The second-order valence-electron chi connectivity index (χ2n) is 4.36. The molecule has 1 aliphatic carbocycles. The molecule has 0 radical (unpaired) electrons. The van der Waals surface area contributed by atoms with E-state index in [1.165, 1.54) is 0 Å². The number of piperidine rings is 1. The first-order valence-electron chi connectivity index (χ1n) is 5.37. The number of hydrogen-bond acceptors (Lipinski definition) is 3. The maximum atomic E-state index is 9.70. The molecule has 3 nitrogen and oxygen atoms in total. The van der Waals surface area contributed by atoms with E-state index in [9.17, 15) is 10.2 Å². The van der Waals surface area contributed by atoms with Gasteiger partial charge in [-0.15, -0.1) is 0 Å². The second-order valence-corrected chi connectivity index (χ2v) is 4.36. The van der Waals surface area contributed by atoms with E-state index in [4.69, 9.17) is 0 Å². The fourth-order valence-corrected chi connectivity index (χ4v) is 2.63. The van der Waals surface area contributed by atoms with Crippen molar-refractivity contribution in [2.24, 2.45) is 0 Å². The molecule has 1 aliphatic heterocycles. The highest BCUT2D eigenvalue weighted by Crippen LogP contribution is 2.26. The molecular formula is C10H19NO2. The van der Waals surface area contributed by atoms with Gasteiger partial charge in [-0.25, -0.2) is 0 Å². The van der Waals surface area contributed by atoms with Gasteiger partial charge in [-0.2, -0.15) is 0 Å². The highest BCUT2D eigenvalue weighted by Gasteiger charge is 2.32. The smallest absolute Gasteiger partial charge is 0.0695 e. The molecule has 0 aromatic heterocycles. The van der Waals surface area contributed by atoms with Crippen molar-refractivity contribution in [1.29, 1.82) is 0 Å². The van der Waals surface area contributed by atoms with Crippen LogP contribution in [0.5, 0.6) is 0 Å². The minimum Gasteiger partial charge on any atom is -0.392 e. The number of likely N-dealkylation sites (tertiary alicyclic amines) is 1. The zero-order valence-electron chi connectivity index (χ0n) is 8.02. The van der Waals surface area contributed by atoms with Gasteiger partial charge in [-0.3, -0.25) is 4.90 Å². The van der Waals surface area contributed by atoms with Crippen LogP contribution in [0.3, 0.4) is 0 Å². The number of nitrogens with zero attached hydrogens (tertiary/aromatic N) is 1. The van der Waals surface area contributed by atoms with Crippen molar-refractivity contribution in [2.75, 3.05) is 13.1 Å². The molecule has 1 saturated carbocycles. The van der Waals surface area contributed by atoms with Gasteiger partial charge in [-0.05, 0) is 38.6 Å². The Hall–Kier alpha value is -0.120. The van der Waals surface area contributed by atoms with Gasteiger partial charge >= 0.3 is 0 Å². The van der Waals surface area contributed by atoms with Crippen LogP contribution in [0.25, 0.3) is 0 Å². The van der Waals surface area contributed by atoms with Crippen LogP contribution in [0.2, 0.25) is 0 Å². The standard InChI is InChI=1S/C10H19NO2/c12-8-3-2-6-11(7-8)9-4-1-5-10(9)13/h8-10,12-13H,1-7H2/t8-,9?,10?/m0/s1. The topological polar surface area (TPSA) is 43.7 Å². The van der Waals surface area contributed by atoms with Gasteiger partial charge in [0.05, 0.1) is 12.2 Å². The molecular weight excluding hydrogens is 166 g/mol. The fraction of sp³-hybridized carbons (Fsp3) is 1.00. The van der Waals surface area contributed by atoms with Crippen LogP contribution in [0.1, 0.15) is 32.1 Å². The highest BCUT2D eigenvalue weighted by molar-refractivity contribution is 4.87. The van der Waals surface area contributed by atoms with Crippen LogP contribution in [-0.2, 0) is 0 Å². The summed E-state index contributed by atoms with van der Waals surface area (Å²) in [4.78, 5) is 2.27. The Morgan fingerprint density at radius 3 is 2.46 bits per heavy atom. The summed E-state index contributed by atoms with van der Waals surface area (Å²) < 4.78 is 0. The molecule has 1 saturated heterocycles. The Balaban J connectivity index is 1.91. The molecule has 2 fully saturated rings. The largest absolute Gasteiger partial charge is 0.392 e. The number of rotatable bonds is 1. The summed E-state index contributed by atoms with van der Waals surface area (Å²) in [5, 5.41) is 19.2. The lowest BCUT2D eigenvalue weighted by atomic mass is 10.0. The lowest BCUT2D eigenvalue weighted by Gasteiger charge is -2.36. The molecule has 2 unspecified atom stereocenters. The zero-order chi connectivity index (χ0) is 9.26. The second kappa shape index (κ2) is 3.95. The predicted molar refractivity (Wildman–Crippen MR) is 50.5 cm³/mol. The summed E-state index contributed by atoms with van der Waals surface area (Å²) in [5.74, 6) is 0. The molecule has 2 N–H and O–H groups in total. The van der Waals surface area contributed by atoms with Crippen molar-refractivity contribution in [1.82, 2.24) is 4.90 Å². The molecule has 13 heavy (non-hydrogen) atoms. The quantitative estimate of drug-likeness (QED) is 0.620. The van der Waals surface area contributed by atoms with Crippen LogP contribution < -0.4 is 0 Å². The van der Waals surface area contributed by atoms with Gasteiger partial charge in [0.2, 0.25) is 0 Å². The van der Waals surface area contributed by atoms with E-state index >= 15 is 0 Å². The summed E-state index contributed by atoms with van der Waals surface area (Å²) in [7, 11) is 0. The van der Waals surface area contributed by atoms with Crippen LogP contribution in [0.4, 0.5) is 0 Å². The third kappa shape index (κ3) is 2.03. The molecule has 2 rings (SSSR count). The minimum absolute atomic E-state index is 0.148. The average molecular weight is 185 g/mol. The van der Waals surface area contributed by atoms with Crippen molar-refractivity contribution in [3.8, 4) is 0 Å². The Morgan fingerprint density at radius 2 is 1.85 bits per heavy atom. The molecule has 3 heteroatoms. The van der Waals surface area contributed by atoms with Crippen molar-refractivity contribution in [3.63, 3.8) is 0 Å². The lowest BCUT2D eigenvalue weighted by Crippen LogP contribution is -2.47. The van der Waals surface area contributed by atoms with E-state index < -0.39 is 0 Å². The van der Waals surface area contributed by atoms with Crippen molar-refractivity contribution < 1.29 is 10.2 Å². The highest BCUT2D eigenvalue weighted by atomic mass is 16.3. The van der Waals surface area contributed by atoms with Gasteiger partial charge in [0.25, 0.3) is 0 Å². The summed E-state index contributed by atoms with van der Waals surface area (Å²) in [6.07, 6.45) is 4.87. The molecule has 0 aromatic carbocycles. The summed E-state index contributed by atoms with van der Waals surface area (Å²) in [6.45, 7) is 1.82. The number of hydrogen-bond donors (Lipinski definition) is 2. The normalized spacial score (nSPS) is 42.5. The van der Waals surface area contributed by atoms with Crippen LogP contribution >= 0.6 is 0 Å². The molecule has 2 aliphatic rings. The van der Waals surface area contributed by atoms with E-state index in [0.29, 0.717) is 6.04 Å². The molecule has 0 spiro atoms. The number of aliphatic hydroxyl groups excluding tert-OH is 2. The van der Waals surface area contributed by atoms with Gasteiger partial charge < -0.3 is 10.2 Å². The Bertz CT molecular complexity index is 174. The van der Waals surface area contributed by atoms with Gasteiger partial charge in [-0.1, -0.05) is 0 Å². The first-order chi connectivity index (χ1) is 6.27. The van der Waals surface area contributed by atoms with E-state index in [1.807, 2.05) is 0 Å². The molecule has 0 aromatic rings. The molecule has 3 atom stereocenters. The number of β-amino-alcohol motifs (C(OH)–C–C–N with tert-alkyl or cyclic N) is 1. The lowest BCUT2D eigenvalue weighted by molar-refractivity contribution is 0.00951. The third-order valence-corrected chi connectivity index (χ3v) is 3.34. The van der Waals surface area contributed by atoms with E-state index in [0.717, 1.165) is 45.2 Å². The first kappa shape index (κ1) is 9.44. The summed E-state index contributed by atoms with van der Waals surface area (Å²) in [5.41, 5.74) is 0. The Morgan fingerprint density at radius 1 is 1.00 bits per heavy atom. The van der Waals surface area contributed by atoms with Crippen molar-refractivity contribution in [2.45, 2.75) is 50.4 Å². The van der Waals surface area contributed by atoms with Gasteiger partial charge in [0.15, 0.2) is 0 Å². The average Bonchev–Trinajstić information content (AvgIpc) is 2.51. The SMILES string of the molecule is OC1CCCC1N1CCC[C@H](O)C1. The summed E-state index contributed by atoms with van der Waals surface area (Å²) in [6, 6.07) is 0.329. The van der Waals surface area contributed by atoms with E-state index in [2.05, 4.69) is 4.90 Å². The molecule has 0 amide bonds. The molecule has 1 heterocycles. The summed E-state index contributed by atoms with van der Waals surface area (Å²) >= 11 is 0. The first-order valence-corrected chi connectivity index (χ1v) is 5.37. The number of aliphatic hydroxyl groups is 2. The van der Waals surface area contributed by atoms with Crippen LogP contribution in [-0.4, -0.2) is 46.5 Å². The van der Waals surface area contributed by atoms with Crippen LogP contribution in [0, 0.1) is 0 Å². The zero-order valence-corrected chi connectivity index (χ0v) is 8.02. The monoisotopic (exact) mass is 185 g/mol. The van der Waals surface area contributed by atoms with Gasteiger partial charge in [0, 0.05) is 12.6 Å². The molecule has 0 bridgehead atoms. The Labute approximate surface area is 79.4 Å². The maximum absolute atomic E-state index is 9.70. The van der Waals surface area contributed by atoms with Crippen molar-refractivity contribution in [3.05, 3.63) is 0 Å². The maximum Gasteiger partial charge on any atom is 0.0695 e. The van der Waals surface area contributed by atoms with E-state index in [-0.39, 0.29) is 12.2 Å². The fourth-order valence-electron chi connectivity index (χ4n) is 2.63. The van der Waals surface area contributed by atoms with E-state index in [1.54, 1.807) is 0 Å². The molecule has 76 valence electrons. The van der Waals surface area contributed by atoms with Crippen molar-refractivity contribution >= 4 is 0 Å². The van der Waals surface area contributed by atoms with Gasteiger partial charge in [0.1, 0.15) is 0 Å². The minimum atomic E-state index is -0.165. The third-order valence-electron chi connectivity index (χ3n) is 3.34. The predicted octanol–water partition coefficient (Wildman–Crippen LogP) is 0.357. The van der Waals surface area contributed by atoms with Crippen LogP contribution in [0.15, 0.2) is 0 Å².